The van der Waals surface area contributed by atoms with Gasteiger partial charge < -0.3 is 10.3 Å². The third kappa shape index (κ3) is 1.62. The summed E-state index contributed by atoms with van der Waals surface area (Å²) in [4.78, 5) is 24.1. The number of nitrogens with two attached hydrogens (primary N) is 1. The van der Waals surface area contributed by atoms with Gasteiger partial charge in [0.25, 0.3) is 5.56 Å². The van der Waals surface area contributed by atoms with Crippen LogP contribution >= 0.6 is 0 Å². The van der Waals surface area contributed by atoms with Crippen molar-refractivity contribution in [3.8, 4) is 0 Å². The first-order chi connectivity index (χ1) is 5.65. The SMILES string of the molecule is Cn1cc(CCN)c(=O)[nH]c1=O. The van der Waals surface area contributed by atoms with Crippen LogP contribution in [-0.2, 0) is 13.5 Å². The van der Waals surface area contributed by atoms with E-state index in [4.69, 9.17) is 5.73 Å². The molecule has 5 heteroatoms. The van der Waals surface area contributed by atoms with Crippen molar-refractivity contribution >= 4 is 0 Å². The largest absolute Gasteiger partial charge is 0.330 e. The first-order valence-corrected chi connectivity index (χ1v) is 3.64. The predicted octanol–water partition coefficient (Wildman–Crippen LogP) is -1.43. The average molecular weight is 169 g/mol. The maximum absolute atomic E-state index is 11.1. The van der Waals surface area contributed by atoms with E-state index in [1.165, 1.54) is 10.8 Å². The van der Waals surface area contributed by atoms with Crippen molar-refractivity contribution < 1.29 is 0 Å². The summed E-state index contributed by atoms with van der Waals surface area (Å²) in [7, 11) is 1.58. The van der Waals surface area contributed by atoms with Gasteiger partial charge in [-0.3, -0.25) is 9.78 Å². The lowest BCUT2D eigenvalue weighted by Gasteiger charge is -1.99. The lowest BCUT2D eigenvalue weighted by Crippen LogP contribution is -2.30. The fourth-order valence-electron chi connectivity index (χ4n) is 0.950. The van der Waals surface area contributed by atoms with Crippen molar-refractivity contribution in [3.05, 3.63) is 32.6 Å². The molecule has 1 aromatic heterocycles. The third-order valence-electron chi connectivity index (χ3n) is 1.60. The summed E-state index contributed by atoms with van der Waals surface area (Å²) in [6.07, 6.45) is 2.00. The summed E-state index contributed by atoms with van der Waals surface area (Å²) in [6, 6.07) is 0. The van der Waals surface area contributed by atoms with Crippen molar-refractivity contribution in [3.63, 3.8) is 0 Å². The average Bonchev–Trinajstić information content (AvgIpc) is 2.01. The lowest BCUT2D eigenvalue weighted by atomic mass is 10.2. The summed E-state index contributed by atoms with van der Waals surface area (Å²) in [5, 5.41) is 0. The molecule has 0 bridgehead atoms. The van der Waals surface area contributed by atoms with Crippen LogP contribution in [0.4, 0.5) is 0 Å². The smallest absolute Gasteiger partial charge is 0.328 e. The first-order valence-electron chi connectivity index (χ1n) is 3.64. The number of hydrogen-bond donors (Lipinski definition) is 2. The van der Waals surface area contributed by atoms with Gasteiger partial charge in [-0.1, -0.05) is 0 Å². The van der Waals surface area contributed by atoms with Crippen LogP contribution in [0.15, 0.2) is 15.8 Å². The second-order valence-electron chi connectivity index (χ2n) is 2.56. The molecule has 5 nitrogen and oxygen atoms in total. The number of aromatic amines is 1. The first kappa shape index (κ1) is 8.73. The van der Waals surface area contributed by atoms with Crippen LogP contribution in [0.2, 0.25) is 0 Å². The molecule has 0 unspecified atom stereocenters. The zero-order valence-corrected chi connectivity index (χ0v) is 6.83. The molecular formula is C7H11N3O2. The maximum atomic E-state index is 11.1. The fraction of sp³-hybridized carbons (Fsp3) is 0.429. The minimum absolute atomic E-state index is 0.344. The molecule has 0 saturated carbocycles. The molecule has 66 valence electrons. The summed E-state index contributed by atoms with van der Waals surface area (Å²) in [5.74, 6) is 0. The summed E-state index contributed by atoms with van der Waals surface area (Å²) < 4.78 is 1.33. The molecule has 0 atom stereocenters. The molecule has 1 heterocycles. The number of rotatable bonds is 2. The molecule has 0 aliphatic rings. The van der Waals surface area contributed by atoms with Crippen LogP contribution < -0.4 is 17.0 Å². The Morgan fingerprint density at radius 3 is 2.83 bits per heavy atom. The monoisotopic (exact) mass is 169 g/mol. The van der Waals surface area contributed by atoms with Crippen LogP contribution in [0.3, 0.4) is 0 Å². The van der Waals surface area contributed by atoms with Gasteiger partial charge in [0.05, 0.1) is 0 Å². The second-order valence-corrected chi connectivity index (χ2v) is 2.56. The highest BCUT2D eigenvalue weighted by atomic mass is 16.2. The Morgan fingerprint density at radius 1 is 1.58 bits per heavy atom. The van der Waals surface area contributed by atoms with Crippen LogP contribution in [0.5, 0.6) is 0 Å². The van der Waals surface area contributed by atoms with Crippen molar-refractivity contribution in [1.82, 2.24) is 9.55 Å². The van der Waals surface area contributed by atoms with Crippen LogP contribution in [0.25, 0.3) is 0 Å². The van der Waals surface area contributed by atoms with E-state index >= 15 is 0 Å². The molecule has 0 spiro atoms. The Labute approximate surface area is 68.8 Å². The van der Waals surface area contributed by atoms with Gasteiger partial charge in [-0.25, -0.2) is 4.79 Å². The molecule has 0 saturated heterocycles. The molecule has 0 amide bonds. The van der Waals surface area contributed by atoms with Gasteiger partial charge in [0.2, 0.25) is 0 Å². The minimum atomic E-state index is -0.402. The van der Waals surface area contributed by atoms with E-state index in [0.717, 1.165) is 0 Å². The van der Waals surface area contributed by atoms with Crippen molar-refractivity contribution in [2.75, 3.05) is 6.54 Å². The van der Waals surface area contributed by atoms with Crippen LogP contribution in [0, 0.1) is 0 Å². The number of nitrogens with one attached hydrogen (secondary N) is 1. The number of aromatic nitrogens is 2. The fourth-order valence-corrected chi connectivity index (χ4v) is 0.950. The molecule has 1 aromatic rings. The van der Waals surface area contributed by atoms with Gasteiger partial charge in [0.1, 0.15) is 0 Å². The molecule has 3 N–H and O–H groups in total. The van der Waals surface area contributed by atoms with Crippen molar-refractivity contribution in [2.24, 2.45) is 12.8 Å². The Bertz CT molecular complexity index is 377. The Hall–Kier alpha value is -1.36. The molecule has 1 rings (SSSR count). The number of nitrogens with zero attached hydrogens (tertiary/aromatic N) is 1. The van der Waals surface area contributed by atoms with E-state index in [9.17, 15) is 9.59 Å². The Kier molecular flexibility index (Phi) is 2.44. The molecule has 0 aliphatic carbocycles. The zero-order chi connectivity index (χ0) is 9.14. The van der Waals surface area contributed by atoms with Gasteiger partial charge in [-0.15, -0.1) is 0 Å². The predicted molar refractivity (Wildman–Crippen MR) is 45.1 cm³/mol. The summed E-state index contributed by atoms with van der Waals surface area (Å²) in [5.41, 5.74) is 5.07. The Morgan fingerprint density at radius 2 is 2.25 bits per heavy atom. The highest BCUT2D eigenvalue weighted by Gasteiger charge is 1.99. The summed E-state index contributed by atoms with van der Waals surface area (Å²) >= 11 is 0. The summed E-state index contributed by atoms with van der Waals surface area (Å²) in [6.45, 7) is 0.404. The standard InChI is InChI=1S/C7H11N3O2/c1-10-4-5(2-3-8)6(11)9-7(10)12/h4H,2-3,8H2,1H3,(H,9,11,12). The highest BCUT2D eigenvalue weighted by Crippen LogP contribution is 1.85. The van der Waals surface area contributed by atoms with E-state index in [-0.39, 0.29) is 5.56 Å². The molecule has 12 heavy (non-hydrogen) atoms. The third-order valence-corrected chi connectivity index (χ3v) is 1.60. The Balaban J connectivity index is 3.24. The highest BCUT2D eigenvalue weighted by molar-refractivity contribution is 5.04. The van der Waals surface area contributed by atoms with Crippen molar-refractivity contribution in [2.45, 2.75) is 6.42 Å². The second kappa shape index (κ2) is 3.36. The van der Waals surface area contributed by atoms with Gasteiger partial charge in [-0.05, 0) is 13.0 Å². The van der Waals surface area contributed by atoms with E-state index in [2.05, 4.69) is 4.98 Å². The van der Waals surface area contributed by atoms with E-state index in [0.29, 0.717) is 18.5 Å². The van der Waals surface area contributed by atoms with Gasteiger partial charge in [0.15, 0.2) is 0 Å². The topological polar surface area (TPSA) is 80.9 Å². The van der Waals surface area contributed by atoms with E-state index < -0.39 is 5.69 Å². The maximum Gasteiger partial charge on any atom is 0.328 e. The molecule has 0 aromatic carbocycles. The quantitative estimate of drug-likeness (QED) is 0.569. The van der Waals surface area contributed by atoms with Gasteiger partial charge in [0, 0.05) is 18.8 Å². The van der Waals surface area contributed by atoms with Gasteiger partial charge >= 0.3 is 5.69 Å². The zero-order valence-electron chi connectivity index (χ0n) is 6.83. The molecule has 0 radical (unpaired) electrons. The van der Waals surface area contributed by atoms with Gasteiger partial charge in [-0.2, -0.15) is 0 Å². The number of aryl methyl sites for hydroxylation is 1. The van der Waals surface area contributed by atoms with E-state index in [1.807, 2.05) is 0 Å². The molecule has 0 fully saturated rings. The van der Waals surface area contributed by atoms with Crippen molar-refractivity contribution in [1.29, 1.82) is 0 Å². The van der Waals surface area contributed by atoms with E-state index in [1.54, 1.807) is 7.05 Å². The van der Waals surface area contributed by atoms with Crippen LogP contribution in [-0.4, -0.2) is 16.1 Å². The normalized spacial score (nSPS) is 10.2. The molecular weight excluding hydrogens is 158 g/mol. The number of hydrogen-bond acceptors (Lipinski definition) is 3. The minimum Gasteiger partial charge on any atom is -0.330 e. The number of H-pyrrole nitrogens is 1. The van der Waals surface area contributed by atoms with Crippen LogP contribution in [0.1, 0.15) is 5.56 Å². The molecule has 0 aliphatic heterocycles. The lowest BCUT2D eigenvalue weighted by molar-refractivity contribution is 0.770.